The molecule has 1 aliphatic rings. The minimum Gasteiger partial charge on any atom is -0.481 e. The van der Waals surface area contributed by atoms with Gasteiger partial charge in [-0.05, 0) is 30.4 Å². The number of aromatic nitrogens is 2. The summed E-state index contributed by atoms with van der Waals surface area (Å²) >= 11 is 1.60. The number of carboxylic acids is 1. The molecule has 1 aliphatic carbocycles. The van der Waals surface area contributed by atoms with Crippen molar-refractivity contribution in [1.82, 2.24) is 9.97 Å². The van der Waals surface area contributed by atoms with Gasteiger partial charge in [0, 0.05) is 12.6 Å². The van der Waals surface area contributed by atoms with Crippen molar-refractivity contribution < 1.29 is 9.90 Å². The number of hydrogen-bond acceptors (Lipinski definition) is 4. The van der Waals surface area contributed by atoms with Crippen LogP contribution in [0.15, 0.2) is 18.3 Å². The van der Waals surface area contributed by atoms with Crippen molar-refractivity contribution in [1.29, 1.82) is 0 Å². The molecule has 0 spiro atoms. The van der Waals surface area contributed by atoms with Crippen LogP contribution < -0.4 is 0 Å². The smallest absolute Gasteiger partial charge is 0.303 e. The average Bonchev–Trinajstić information content (AvgIpc) is 2.80. The fourth-order valence-corrected chi connectivity index (χ4v) is 4.33. The molecule has 0 radical (unpaired) electrons. The van der Waals surface area contributed by atoms with Crippen molar-refractivity contribution in [3.8, 4) is 0 Å². The Morgan fingerprint density at radius 1 is 1.35 bits per heavy atom. The van der Waals surface area contributed by atoms with Gasteiger partial charge < -0.3 is 5.11 Å². The van der Waals surface area contributed by atoms with Gasteiger partial charge in [0.05, 0.1) is 11.4 Å². The first kappa shape index (κ1) is 13.5. The lowest BCUT2D eigenvalue weighted by Gasteiger charge is -2.35. The summed E-state index contributed by atoms with van der Waals surface area (Å²) in [6, 6.07) is 3.85. The Morgan fingerprint density at radius 2 is 2.15 bits per heavy atom. The predicted octanol–water partition coefficient (Wildman–Crippen LogP) is 3.66. The largest absolute Gasteiger partial charge is 0.481 e. The number of thiazole rings is 1. The highest BCUT2D eigenvalue weighted by molar-refractivity contribution is 7.18. The van der Waals surface area contributed by atoms with Gasteiger partial charge in [0.15, 0.2) is 0 Å². The van der Waals surface area contributed by atoms with Crippen LogP contribution in [0.25, 0.3) is 10.3 Å². The SMILES string of the molecule is O=C(O)CC1(Cc2nc3cccnc3s2)CCCCC1. The van der Waals surface area contributed by atoms with E-state index in [2.05, 4.69) is 9.97 Å². The first-order chi connectivity index (χ1) is 9.67. The lowest BCUT2D eigenvalue weighted by atomic mass is 9.70. The molecule has 5 heteroatoms. The molecule has 3 rings (SSSR count). The third-order valence-electron chi connectivity index (χ3n) is 4.18. The second-order valence-corrected chi connectivity index (χ2v) is 6.81. The van der Waals surface area contributed by atoms with Crippen LogP contribution in [-0.4, -0.2) is 21.0 Å². The zero-order valence-corrected chi connectivity index (χ0v) is 12.2. The molecule has 2 heterocycles. The second-order valence-electron chi connectivity index (χ2n) is 5.74. The minimum absolute atomic E-state index is 0.0992. The zero-order chi connectivity index (χ0) is 14.0. The molecule has 0 aliphatic heterocycles. The molecular weight excluding hydrogens is 272 g/mol. The summed E-state index contributed by atoms with van der Waals surface area (Å²) in [5.74, 6) is -0.689. The number of aliphatic carboxylic acids is 1. The summed E-state index contributed by atoms with van der Waals surface area (Å²) in [6.07, 6.45) is 8.32. The third-order valence-corrected chi connectivity index (χ3v) is 5.16. The van der Waals surface area contributed by atoms with Gasteiger partial charge in [0.1, 0.15) is 10.3 Å². The van der Waals surface area contributed by atoms with Gasteiger partial charge in [-0.25, -0.2) is 9.97 Å². The highest BCUT2D eigenvalue weighted by Crippen LogP contribution is 2.43. The number of carbonyl (C=O) groups is 1. The van der Waals surface area contributed by atoms with Gasteiger partial charge in [-0.1, -0.05) is 30.6 Å². The maximum atomic E-state index is 11.2. The van der Waals surface area contributed by atoms with E-state index in [-0.39, 0.29) is 11.8 Å². The van der Waals surface area contributed by atoms with Gasteiger partial charge in [-0.3, -0.25) is 4.79 Å². The Kier molecular flexibility index (Phi) is 3.70. The molecule has 0 aromatic carbocycles. The highest BCUT2D eigenvalue weighted by Gasteiger charge is 2.35. The van der Waals surface area contributed by atoms with Crippen LogP contribution >= 0.6 is 11.3 Å². The van der Waals surface area contributed by atoms with Crippen LogP contribution in [0.4, 0.5) is 0 Å². The van der Waals surface area contributed by atoms with Gasteiger partial charge in [-0.2, -0.15) is 0 Å². The fraction of sp³-hybridized carbons (Fsp3) is 0.533. The molecular formula is C15H18N2O2S. The van der Waals surface area contributed by atoms with Gasteiger partial charge in [0.2, 0.25) is 0 Å². The Bertz CT molecular complexity index is 584. The molecule has 2 aromatic rings. The molecule has 2 aromatic heterocycles. The summed E-state index contributed by atoms with van der Waals surface area (Å²) in [7, 11) is 0. The first-order valence-corrected chi connectivity index (χ1v) is 7.91. The summed E-state index contributed by atoms with van der Waals surface area (Å²) < 4.78 is 0. The number of fused-ring (bicyclic) bond motifs is 1. The van der Waals surface area contributed by atoms with Crippen LogP contribution in [0.5, 0.6) is 0 Å². The summed E-state index contributed by atoms with van der Waals surface area (Å²) in [5.41, 5.74) is 0.826. The van der Waals surface area contributed by atoms with E-state index in [1.807, 2.05) is 12.1 Å². The molecule has 1 N–H and O–H groups in total. The van der Waals surface area contributed by atoms with Gasteiger partial charge in [-0.15, -0.1) is 0 Å². The van der Waals surface area contributed by atoms with Crippen LogP contribution in [0.3, 0.4) is 0 Å². The minimum atomic E-state index is -0.689. The summed E-state index contributed by atoms with van der Waals surface area (Å²) in [5, 5.41) is 10.2. The fourth-order valence-electron chi connectivity index (χ4n) is 3.25. The summed E-state index contributed by atoms with van der Waals surface area (Å²) in [4.78, 5) is 21.1. The predicted molar refractivity (Wildman–Crippen MR) is 78.9 cm³/mol. The van der Waals surface area contributed by atoms with Crippen molar-refractivity contribution in [2.75, 3.05) is 0 Å². The first-order valence-electron chi connectivity index (χ1n) is 7.09. The monoisotopic (exact) mass is 290 g/mol. The van der Waals surface area contributed by atoms with E-state index >= 15 is 0 Å². The molecule has 0 atom stereocenters. The normalized spacial score (nSPS) is 18.2. The third kappa shape index (κ3) is 2.82. The number of rotatable bonds is 4. The van der Waals surface area contributed by atoms with Crippen LogP contribution in [0.1, 0.15) is 43.5 Å². The van der Waals surface area contributed by atoms with Crippen molar-refractivity contribution >= 4 is 27.7 Å². The number of nitrogens with zero attached hydrogens (tertiary/aromatic N) is 2. The van der Waals surface area contributed by atoms with Crippen molar-refractivity contribution in [3.05, 3.63) is 23.3 Å². The van der Waals surface area contributed by atoms with Gasteiger partial charge in [0.25, 0.3) is 0 Å². The van der Waals surface area contributed by atoms with Crippen molar-refractivity contribution in [2.45, 2.75) is 44.9 Å². The lowest BCUT2D eigenvalue weighted by molar-refractivity contribution is -0.140. The van der Waals surface area contributed by atoms with Crippen LogP contribution in [0.2, 0.25) is 0 Å². The Hall–Kier alpha value is -1.49. The lowest BCUT2D eigenvalue weighted by Crippen LogP contribution is -2.29. The number of hydrogen-bond donors (Lipinski definition) is 1. The standard InChI is InChI=1S/C15H18N2O2S/c18-13(19)10-15(6-2-1-3-7-15)9-12-17-11-5-4-8-16-14(11)20-12/h4-5,8H,1-3,6-7,9-10H2,(H,18,19). The van der Waals surface area contributed by atoms with Crippen molar-refractivity contribution in [2.24, 2.45) is 5.41 Å². The van der Waals surface area contributed by atoms with E-state index in [1.165, 1.54) is 6.42 Å². The van der Waals surface area contributed by atoms with E-state index in [9.17, 15) is 9.90 Å². The van der Waals surface area contributed by atoms with Crippen LogP contribution in [0, 0.1) is 5.41 Å². The number of carboxylic acid groups (broad SMARTS) is 1. The van der Waals surface area contributed by atoms with E-state index < -0.39 is 5.97 Å². The van der Waals surface area contributed by atoms with E-state index in [0.29, 0.717) is 0 Å². The quantitative estimate of drug-likeness (QED) is 0.933. The molecule has 20 heavy (non-hydrogen) atoms. The average molecular weight is 290 g/mol. The topological polar surface area (TPSA) is 63.1 Å². The molecule has 1 fully saturated rings. The molecule has 0 unspecified atom stereocenters. The molecule has 106 valence electrons. The molecule has 1 saturated carbocycles. The van der Waals surface area contributed by atoms with Crippen molar-refractivity contribution in [3.63, 3.8) is 0 Å². The molecule has 4 nitrogen and oxygen atoms in total. The van der Waals surface area contributed by atoms with Gasteiger partial charge >= 0.3 is 5.97 Å². The van der Waals surface area contributed by atoms with Crippen LogP contribution in [-0.2, 0) is 11.2 Å². The van der Waals surface area contributed by atoms with E-state index in [0.717, 1.165) is 47.5 Å². The second kappa shape index (κ2) is 5.48. The van der Waals surface area contributed by atoms with E-state index in [1.54, 1.807) is 17.5 Å². The molecule has 0 bridgehead atoms. The number of pyridine rings is 1. The Balaban J connectivity index is 1.86. The molecule has 0 amide bonds. The maximum Gasteiger partial charge on any atom is 0.303 e. The maximum absolute atomic E-state index is 11.2. The van der Waals surface area contributed by atoms with E-state index in [4.69, 9.17) is 0 Å². The highest BCUT2D eigenvalue weighted by atomic mass is 32.1. The summed E-state index contributed by atoms with van der Waals surface area (Å²) in [6.45, 7) is 0. The Labute approximate surface area is 121 Å². The Morgan fingerprint density at radius 3 is 2.85 bits per heavy atom. The zero-order valence-electron chi connectivity index (χ0n) is 11.3. The molecule has 0 saturated heterocycles.